The normalized spacial score (nSPS) is 15.9. The zero-order valence-corrected chi connectivity index (χ0v) is 14.6. The number of likely N-dealkylation sites (tertiary alicyclic amines) is 1. The third-order valence-corrected chi connectivity index (χ3v) is 4.34. The fraction of sp³-hybridized carbons (Fsp3) is 0.588. The van der Waals surface area contributed by atoms with Crippen LogP contribution in [0.3, 0.4) is 0 Å². The summed E-state index contributed by atoms with van der Waals surface area (Å²) in [5.74, 6) is -0.388. The van der Waals surface area contributed by atoms with Gasteiger partial charge in [-0.2, -0.15) is 0 Å². The lowest BCUT2D eigenvalue weighted by molar-refractivity contribution is -0.132. The highest BCUT2D eigenvalue weighted by Gasteiger charge is 2.26. The lowest BCUT2D eigenvalue weighted by Gasteiger charge is -2.27. The van der Waals surface area contributed by atoms with Gasteiger partial charge in [0.25, 0.3) is 0 Å². The molecule has 0 saturated carbocycles. The first-order chi connectivity index (χ1) is 11.5. The van der Waals surface area contributed by atoms with Gasteiger partial charge in [-0.3, -0.25) is 14.5 Å². The maximum atomic E-state index is 12.2. The average molecular weight is 333 g/mol. The largest absolute Gasteiger partial charge is 0.353 e. The van der Waals surface area contributed by atoms with Crippen molar-refractivity contribution >= 4 is 11.8 Å². The molecule has 132 valence electrons. The molecular weight excluding hydrogens is 306 g/mol. The molecule has 1 N–H and O–H groups in total. The number of carbonyl (C=O) groups is 2. The summed E-state index contributed by atoms with van der Waals surface area (Å²) < 4.78 is 1.92. The van der Waals surface area contributed by atoms with Crippen molar-refractivity contribution in [2.24, 2.45) is 7.05 Å². The number of hydrogen-bond acceptors (Lipinski definition) is 4. The summed E-state index contributed by atoms with van der Waals surface area (Å²) in [5.41, 5.74) is 0.967. The molecule has 7 heteroatoms. The Morgan fingerprint density at radius 2 is 2.17 bits per heavy atom. The molecule has 1 aliphatic rings. The van der Waals surface area contributed by atoms with E-state index in [-0.39, 0.29) is 24.4 Å². The van der Waals surface area contributed by atoms with E-state index >= 15 is 0 Å². The number of likely N-dealkylation sites (N-methyl/N-ethyl adjacent to an activating group) is 1. The van der Waals surface area contributed by atoms with Crippen molar-refractivity contribution in [2.45, 2.75) is 25.8 Å². The van der Waals surface area contributed by atoms with Crippen LogP contribution in [-0.4, -0.2) is 63.9 Å². The molecule has 1 aromatic rings. The van der Waals surface area contributed by atoms with Crippen molar-refractivity contribution in [3.05, 3.63) is 30.9 Å². The fourth-order valence-corrected chi connectivity index (χ4v) is 2.99. The van der Waals surface area contributed by atoms with Gasteiger partial charge in [0, 0.05) is 26.3 Å². The van der Waals surface area contributed by atoms with Crippen LogP contribution >= 0.6 is 0 Å². The van der Waals surface area contributed by atoms with E-state index in [0.29, 0.717) is 13.1 Å². The van der Waals surface area contributed by atoms with Crippen molar-refractivity contribution < 1.29 is 9.59 Å². The van der Waals surface area contributed by atoms with Gasteiger partial charge < -0.3 is 14.8 Å². The molecule has 1 aromatic heterocycles. The number of nitrogens with zero attached hydrogens (tertiary/aromatic N) is 4. The molecule has 7 nitrogen and oxygen atoms in total. The highest BCUT2D eigenvalue weighted by atomic mass is 16.2. The van der Waals surface area contributed by atoms with E-state index in [1.165, 1.54) is 23.8 Å². The number of nitrogens with one attached hydrogen (secondary N) is 1. The summed E-state index contributed by atoms with van der Waals surface area (Å²) in [6, 6.07) is 0.0721. The predicted octanol–water partition coefficient (Wildman–Crippen LogP) is 0.708. The minimum atomic E-state index is -0.228. The second kappa shape index (κ2) is 8.63. The molecule has 1 saturated heterocycles. The molecule has 0 spiro atoms. The van der Waals surface area contributed by atoms with Gasteiger partial charge in [-0.25, -0.2) is 4.98 Å². The molecule has 24 heavy (non-hydrogen) atoms. The van der Waals surface area contributed by atoms with Crippen molar-refractivity contribution in [1.82, 2.24) is 24.7 Å². The number of amides is 2. The summed E-state index contributed by atoms with van der Waals surface area (Å²) >= 11 is 0. The lowest BCUT2D eigenvalue weighted by atomic mass is 10.2. The molecular formula is C17H27N5O2. The lowest BCUT2D eigenvalue weighted by Crippen LogP contribution is -2.43. The van der Waals surface area contributed by atoms with Crippen LogP contribution in [-0.2, 0) is 16.6 Å². The Morgan fingerprint density at radius 1 is 1.46 bits per heavy atom. The van der Waals surface area contributed by atoms with Crippen LogP contribution in [0, 0.1) is 0 Å². The summed E-state index contributed by atoms with van der Waals surface area (Å²) in [5, 5.41) is 2.95. The zero-order valence-electron chi connectivity index (χ0n) is 14.6. The van der Waals surface area contributed by atoms with Gasteiger partial charge in [0.15, 0.2) is 0 Å². The van der Waals surface area contributed by atoms with E-state index in [4.69, 9.17) is 0 Å². The molecule has 1 atom stereocenters. The Bertz CT molecular complexity index is 577. The van der Waals surface area contributed by atoms with Crippen LogP contribution in [0.25, 0.3) is 0 Å². The summed E-state index contributed by atoms with van der Waals surface area (Å²) in [4.78, 5) is 32.1. The molecule has 1 unspecified atom stereocenters. The number of imidazole rings is 1. The molecule has 2 amide bonds. The minimum Gasteiger partial charge on any atom is -0.353 e. The Morgan fingerprint density at radius 3 is 2.71 bits per heavy atom. The number of hydrogen-bond donors (Lipinski definition) is 1. The first kappa shape index (κ1) is 18.2. The van der Waals surface area contributed by atoms with E-state index in [9.17, 15) is 9.59 Å². The van der Waals surface area contributed by atoms with Gasteiger partial charge in [-0.15, -0.1) is 0 Å². The third kappa shape index (κ3) is 4.67. The SMILES string of the molecule is C=CC(=O)N(CC)CC(=O)NCC(c1cn(C)cn1)N1CCCC1. The predicted molar refractivity (Wildman–Crippen MR) is 92.2 cm³/mol. The molecule has 1 fully saturated rings. The van der Waals surface area contributed by atoms with E-state index in [1.54, 1.807) is 6.33 Å². The van der Waals surface area contributed by atoms with Crippen LogP contribution in [0.5, 0.6) is 0 Å². The first-order valence-electron chi connectivity index (χ1n) is 8.45. The van der Waals surface area contributed by atoms with Gasteiger partial charge in [0.1, 0.15) is 0 Å². The van der Waals surface area contributed by atoms with E-state index in [1.807, 2.05) is 24.7 Å². The Kier molecular flexibility index (Phi) is 6.54. The van der Waals surface area contributed by atoms with E-state index < -0.39 is 0 Å². The molecule has 0 aliphatic carbocycles. The van der Waals surface area contributed by atoms with Crippen LogP contribution in [0.2, 0.25) is 0 Å². The van der Waals surface area contributed by atoms with E-state index in [0.717, 1.165) is 18.8 Å². The molecule has 0 radical (unpaired) electrons. The molecule has 1 aliphatic heterocycles. The number of aryl methyl sites for hydroxylation is 1. The first-order valence-corrected chi connectivity index (χ1v) is 8.45. The number of rotatable bonds is 8. The second-order valence-electron chi connectivity index (χ2n) is 6.08. The number of aromatic nitrogens is 2. The van der Waals surface area contributed by atoms with Crippen LogP contribution in [0.4, 0.5) is 0 Å². The zero-order chi connectivity index (χ0) is 17.5. The van der Waals surface area contributed by atoms with Gasteiger partial charge >= 0.3 is 0 Å². The van der Waals surface area contributed by atoms with Crippen molar-refractivity contribution in [1.29, 1.82) is 0 Å². The molecule has 2 rings (SSSR count). The topological polar surface area (TPSA) is 70.5 Å². The van der Waals surface area contributed by atoms with Gasteiger partial charge in [0.2, 0.25) is 11.8 Å². The second-order valence-corrected chi connectivity index (χ2v) is 6.08. The monoisotopic (exact) mass is 333 g/mol. The molecule has 0 aromatic carbocycles. The summed E-state index contributed by atoms with van der Waals surface area (Å²) in [7, 11) is 1.94. The highest BCUT2D eigenvalue weighted by molar-refractivity contribution is 5.90. The van der Waals surface area contributed by atoms with Crippen LogP contribution in [0.15, 0.2) is 25.2 Å². The quantitative estimate of drug-likeness (QED) is 0.711. The molecule has 0 bridgehead atoms. The van der Waals surface area contributed by atoms with E-state index in [2.05, 4.69) is 21.8 Å². The maximum Gasteiger partial charge on any atom is 0.246 e. The minimum absolute atomic E-state index is 0.0519. The average Bonchev–Trinajstić information content (AvgIpc) is 3.24. The van der Waals surface area contributed by atoms with Crippen molar-refractivity contribution in [2.75, 3.05) is 32.7 Å². The Labute approximate surface area is 143 Å². The van der Waals surface area contributed by atoms with Crippen LogP contribution in [0.1, 0.15) is 31.5 Å². The summed E-state index contributed by atoms with van der Waals surface area (Å²) in [6.07, 6.45) is 7.36. The highest BCUT2D eigenvalue weighted by Crippen LogP contribution is 2.23. The third-order valence-electron chi connectivity index (χ3n) is 4.34. The molecule has 2 heterocycles. The van der Waals surface area contributed by atoms with Gasteiger partial charge in [0.05, 0.1) is 24.6 Å². The van der Waals surface area contributed by atoms with Crippen LogP contribution < -0.4 is 5.32 Å². The standard InChI is InChI=1S/C17H27N5O2/c1-4-17(24)21(5-2)12-16(23)18-10-15(22-8-6-7-9-22)14-11-20(3)13-19-14/h4,11,13,15H,1,5-10,12H2,2-3H3,(H,18,23). The van der Waals surface area contributed by atoms with Crippen molar-refractivity contribution in [3.63, 3.8) is 0 Å². The van der Waals surface area contributed by atoms with Crippen molar-refractivity contribution in [3.8, 4) is 0 Å². The summed E-state index contributed by atoms with van der Waals surface area (Å²) in [6.45, 7) is 8.38. The number of carbonyl (C=O) groups excluding carboxylic acids is 2. The maximum absolute atomic E-state index is 12.2. The fourth-order valence-electron chi connectivity index (χ4n) is 2.99. The van der Waals surface area contributed by atoms with Gasteiger partial charge in [-0.05, 0) is 38.9 Å². The Balaban J connectivity index is 1.95. The van der Waals surface area contributed by atoms with Gasteiger partial charge in [-0.1, -0.05) is 6.58 Å². The smallest absolute Gasteiger partial charge is 0.246 e. The Hall–Kier alpha value is -2.15.